The first-order valence-corrected chi connectivity index (χ1v) is 9.47. The summed E-state index contributed by atoms with van der Waals surface area (Å²) in [5.41, 5.74) is -2.67. The minimum absolute atomic E-state index is 0.0694. The smallest absolute Gasteiger partial charge is 0.320 e. The lowest BCUT2D eigenvalue weighted by Gasteiger charge is -2.23. The monoisotopic (exact) mass is 434 g/mol. The molecule has 1 aromatic carbocycles. The van der Waals surface area contributed by atoms with Crippen molar-refractivity contribution in [2.24, 2.45) is 0 Å². The van der Waals surface area contributed by atoms with Gasteiger partial charge in [0.2, 0.25) is 0 Å². The number of benzene rings is 1. The fourth-order valence-corrected chi connectivity index (χ4v) is 4.26. The minimum atomic E-state index is -5.58. The van der Waals surface area contributed by atoms with Crippen LogP contribution in [0.1, 0.15) is 36.1 Å². The van der Waals surface area contributed by atoms with Crippen molar-refractivity contribution < 1.29 is 23.1 Å². The van der Waals surface area contributed by atoms with Crippen molar-refractivity contribution in [3.8, 4) is 0 Å². The third-order valence-corrected chi connectivity index (χ3v) is 5.57. The average Bonchev–Trinajstić information content (AvgIpc) is 2.36. The molecule has 0 bridgehead atoms. The van der Waals surface area contributed by atoms with Crippen LogP contribution < -0.4 is 0 Å². The lowest BCUT2D eigenvalue weighted by Crippen LogP contribution is -2.17. The van der Waals surface area contributed by atoms with Gasteiger partial charge in [0, 0.05) is 15.4 Å². The Morgan fingerprint density at radius 3 is 2.15 bits per heavy atom. The molecule has 0 aliphatic rings. The maximum atomic E-state index is 14.0. The van der Waals surface area contributed by atoms with Crippen LogP contribution in [0.2, 0.25) is 0 Å². The molecular formula is C12H15Br2F2O3P. The van der Waals surface area contributed by atoms with Gasteiger partial charge in [0.1, 0.15) is 0 Å². The van der Waals surface area contributed by atoms with Crippen molar-refractivity contribution in [2.75, 3.05) is 0 Å². The van der Waals surface area contributed by atoms with Gasteiger partial charge in [0.15, 0.2) is 0 Å². The van der Waals surface area contributed by atoms with E-state index in [1.165, 1.54) is 6.07 Å². The van der Waals surface area contributed by atoms with Crippen LogP contribution in [0, 0.1) is 0 Å². The van der Waals surface area contributed by atoms with Crippen molar-refractivity contribution in [2.45, 2.75) is 37.7 Å². The third kappa shape index (κ3) is 3.17. The molecule has 3 nitrogen and oxygen atoms in total. The Bertz CT molecular complexity index is 558. The Labute approximate surface area is 133 Å². The van der Waals surface area contributed by atoms with Gasteiger partial charge in [-0.25, -0.2) is 0 Å². The summed E-state index contributed by atoms with van der Waals surface area (Å²) in [6.07, 6.45) is 0.991. The first-order chi connectivity index (χ1) is 9.11. The normalized spacial score (nSPS) is 12.8. The van der Waals surface area contributed by atoms with Crippen LogP contribution >= 0.6 is 39.5 Å². The molecule has 0 amide bonds. The zero-order valence-electron chi connectivity index (χ0n) is 11.0. The molecule has 0 saturated heterocycles. The molecule has 20 heavy (non-hydrogen) atoms. The van der Waals surface area contributed by atoms with Gasteiger partial charge in [-0.1, -0.05) is 29.8 Å². The highest BCUT2D eigenvalue weighted by atomic mass is 79.9. The highest BCUT2D eigenvalue weighted by Gasteiger charge is 2.52. The van der Waals surface area contributed by atoms with Crippen molar-refractivity contribution in [3.63, 3.8) is 0 Å². The van der Waals surface area contributed by atoms with E-state index in [1.54, 1.807) is 0 Å². The largest absolute Gasteiger partial charge is 0.399 e. The molecule has 0 radical (unpaired) electrons. The van der Waals surface area contributed by atoms with Crippen LogP contribution in [-0.2, 0) is 28.4 Å². The fraction of sp³-hybridized carbons (Fsp3) is 0.500. The summed E-state index contributed by atoms with van der Waals surface area (Å²) in [7, 11) is -5.58. The second-order valence-corrected chi connectivity index (χ2v) is 7.28. The SMILES string of the molecule is CCc1cc(C(F)(F)P(=O)(O)O)c(Br)c(CC)c1CBr. The maximum Gasteiger partial charge on any atom is 0.399 e. The Balaban J connectivity index is 3.70. The van der Waals surface area contributed by atoms with Gasteiger partial charge < -0.3 is 9.79 Å². The maximum absolute atomic E-state index is 14.0. The molecule has 1 rings (SSSR count). The van der Waals surface area contributed by atoms with Gasteiger partial charge in [-0.2, -0.15) is 8.78 Å². The Kier molecular flexibility index (Phi) is 5.95. The molecule has 0 spiro atoms. The lowest BCUT2D eigenvalue weighted by molar-refractivity contribution is 0.0555. The zero-order valence-corrected chi connectivity index (χ0v) is 15.0. The van der Waals surface area contributed by atoms with E-state index < -0.39 is 18.8 Å². The molecule has 0 fully saturated rings. The number of alkyl halides is 3. The number of halogens is 4. The lowest BCUT2D eigenvalue weighted by atomic mass is 9.95. The molecule has 0 heterocycles. The van der Waals surface area contributed by atoms with E-state index >= 15 is 0 Å². The van der Waals surface area contributed by atoms with Crippen LogP contribution in [-0.4, -0.2) is 9.79 Å². The van der Waals surface area contributed by atoms with Crippen LogP contribution in [0.3, 0.4) is 0 Å². The molecule has 0 unspecified atom stereocenters. The Morgan fingerprint density at radius 2 is 1.80 bits per heavy atom. The molecule has 0 aromatic heterocycles. The summed E-state index contributed by atoms with van der Waals surface area (Å²) in [5, 5.41) is 0.500. The molecule has 2 N–H and O–H groups in total. The number of hydrogen-bond donors (Lipinski definition) is 2. The van der Waals surface area contributed by atoms with Gasteiger partial charge in [0.25, 0.3) is 0 Å². The standard InChI is InChI=1S/C12H15Br2F2O3P/c1-3-7-5-10(12(15,16)20(17,18)19)11(14)8(4-2)9(7)6-13/h5H,3-4,6H2,1-2H3,(H2,17,18,19). The predicted molar refractivity (Wildman–Crippen MR) is 81.5 cm³/mol. The molecule has 1 aromatic rings. The van der Waals surface area contributed by atoms with Gasteiger partial charge >= 0.3 is 13.3 Å². The topological polar surface area (TPSA) is 57.5 Å². The highest BCUT2D eigenvalue weighted by molar-refractivity contribution is 9.10. The van der Waals surface area contributed by atoms with E-state index in [1.807, 2.05) is 13.8 Å². The summed E-state index contributed by atoms with van der Waals surface area (Å²) in [6, 6.07) is 1.18. The minimum Gasteiger partial charge on any atom is -0.320 e. The third-order valence-electron chi connectivity index (χ3n) is 3.13. The van der Waals surface area contributed by atoms with E-state index in [-0.39, 0.29) is 4.47 Å². The summed E-state index contributed by atoms with van der Waals surface area (Å²) < 4.78 is 39.1. The van der Waals surface area contributed by atoms with Gasteiger partial charge in [0.05, 0.1) is 0 Å². The van der Waals surface area contributed by atoms with Crippen molar-refractivity contribution in [1.29, 1.82) is 0 Å². The van der Waals surface area contributed by atoms with Crippen LogP contribution in [0.25, 0.3) is 0 Å². The van der Waals surface area contributed by atoms with Crippen molar-refractivity contribution in [3.05, 3.63) is 32.8 Å². The number of rotatable bonds is 5. The molecule has 0 aliphatic carbocycles. The summed E-state index contributed by atoms with van der Waals surface area (Å²) in [5.74, 6) is 0. The highest BCUT2D eigenvalue weighted by Crippen LogP contribution is 2.61. The fourth-order valence-electron chi connectivity index (χ4n) is 2.04. The molecule has 114 valence electrons. The summed E-state index contributed by atoms with van der Waals surface area (Å²) in [6.45, 7) is 3.62. The van der Waals surface area contributed by atoms with Crippen LogP contribution in [0.5, 0.6) is 0 Å². The first-order valence-electron chi connectivity index (χ1n) is 5.94. The summed E-state index contributed by atoms with van der Waals surface area (Å²) in [4.78, 5) is 17.8. The number of hydrogen-bond acceptors (Lipinski definition) is 1. The average molecular weight is 436 g/mol. The van der Waals surface area contributed by atoms with Crippen molar-refractivity contribution in [1.82, 2.24) is 0 Å². The van der Waals surface area contributed by atoms with E-state index in [4.69, 9.17) is 9.79 Å². The predicted octanol–water partition coefficient (Wildman–Crippen LogP) is 4.70. The second-order valence-electron chi connectivity index (χ2n) is 4.28. The molecular weight excluding hydrogens is 421 g/mol. The number of aryl methyl sites for hydroxylation is 1. The summed E-state index contributed by atoms with van der Waals surface area (Å²) >= 11 is 6.41. The van der Waals surface area contributed by atoms with E-state index in [0.29, 0.717) is 29.3 Å². The van der Waals surface area contributed by atoms with Gasteiger partial charge in [-0.15, -0.1) is 0 Å². The van der Waals surface area contributed by atoms with Gasteiger partial charge in [-0.3, -0.25) is 4.57 Å². The van der Waals surface area contributed by atoms with Crippen LogP contribution in [0.4, 0.5) is 8.78 Å². The van der Waals surface area contributed by atoms with Crippen LogP contribution in [0.15, 0.2) is 10.5 Å². The quantitative estimate of drug-likeness (QED) is 0.520. The molecule has 0 aliphatic heterocycles. The Morgan fingerprint density at radius 1 is 1.25 bits per heavy atom. The molecule has 8 heteroatoms. The second kappa shape index (κ2) is 6.53. The molecule has 0 atom stereocenters. The zero-order chi connectivity index (χ0) is 15.7. The van der Waals surface area contributed by atoms with E-state index in [9.17, 15) is 13.3 Å². The van der Waals surface area contributed by atoms with E-state index in [0.717, 1.165) is 5.56 Å². The van der Waals surface area contributed by atoms with Gasteiger partial charge in [-0.05, 0) is 51.5 Å². The van der Waals surface area contributed by atoms with Crippen molar-refractivity contribution >= 4 is 39.5 Å². The Hall–Kier alpha value is 0.190. The first kappa shape index (κ1) is 18.2. The van der Waals surface area contributed by atoms with E-state index in [2.05, 4.69) is 31.9 Å². The molecule has 0 saturated carbocycles.